The number of benzene rings is 1. The van der Waals surface area contributed by atoms with Crippen LogP contribution in [0.25, 0.3) is 27.4 Å². The fraction of sp³-hybridized carbons (Fsp3) is 0.400. The van der Waals surface area contributed by atoms with E-state index in [0.717, 1.165) is 16.5 Å². The summed E-state index contributed by atoms with van der Waals surface area (Å²) in [7, 11) is 0. The number of anilines is 1. The van der Waals surface area contributed by atoms with Gasteiger partial charge in [0.25, 0.3) is 0 Å². The van der Waals surface area contributed by atoms with Crippen molar-refractivity contribution >= 4 is 67.8 Å². The second-order valence-corrected chi connectivity index (χ2v) is 12.9. The summed E-state index contributed by atoms with van der Waals surface area (Å²) >= 11 is 2.10. The van der Waals surface area contributed by atoms with Crippen LogP contribution in [0.15, 0.2) is 45.9 Å². The third kappa shape index (κ3) is 5.34. The van der Waals surface area contributed by atoms with Gasteiger partial charge in [0.15, 0.2) is 5.65 Å². The molecule has 12 nitrogen and oxygen atoms in total. The number of aromatic nitrogens is 4. The van der Waals surface area contributed by atoms with Gasteiger partial charge in [-0.1, -0.05) is 24.3 Å². The molecule has 3 aromatic heterocycles. The van der Waals surface area contributed by atoms with Crippen LogP contribution in [0.3, 0.4) is 0 Å². The highest BCUT2D eigenvalue weighted by Gasteiger charge is 2.40. The van der Waals surface area contributed by atoms with Gasteiger partial charge < -0.3 is 24.7 Å². The van der Waals surface area contributed by atoms with Gasteiger partial charge in [-0.25, -0.2) is 24.2 Å². The van der Waals surface area contributed by atoms with Gasteiger partial charge in [0, 0.05) is 31.7 Å². The maximum Gasteiger partial charge on any atom is 0.410 e. The monoisotopic (exact) mass is 697 g/mol. The van der Waals surface area contributed by atoms with Crippen molar-refractivity contribution < 1.29 is 18.7 Å². The Kier molecular flexibility index (Phi) is 7.39. The number of nitrogens with two attached hydrogens (primary N) is 1. The lowest BCUT2D eigenvalue weighted by Crippen LogP contribution is -2.57. The number of carbonyl (C=O) groups is 2. The number of hydrogen-bond acceptors (Lipinski definition) is 9. The van der Waals surface area contributed by atoms with E-state index in [0.29, 0.717) is 64.3 Å². The molecule has 1 atom stereocenters. The number of carbonyl (C=O) groups excluding carboxylic acids is 2. The predicted molar refractivity (Wildman–Crippen MR) is 169 cm³/mol. The molecule has 224 valence electrons. The highest BCUT2D eigenvalue weighted by Crippen LogP contribution is 2.37. The molecule has 0 aliphatic carbocycles. The fourth-order valence-corrected chi connectivity index (χ4v) is 6.39. The summed E-state index contributed by atoms with van der Waals surface area (Å²) in [5.41, 5.74) is 7.45. The summed E-state index contributed by atoms with van der Waals surface area (Å²) in [6.45, 7) is 8.97. The normalized spacial score (nSPS) is 16.7. The number of nitrogens with zero attached hydrogens (tertiary/aromatic N) is 6. The van der Waals surface area contributed by atoms with Crippen molar-refractivity contribution in [1.82, 2.24) is 29.5 Å². The maximum atomic E-state index is 13.3. The Balaban J connectivity index is 1.30. The molecule has 1 unspecified atom stereocenters. The van der Waals surface area contributed by atoms with E-state index in [4.69, 9.17) is 14.9 Å². The molecule has 0 spiro atoms. The summed E-state index contributed by atoms with van der Waals surface area (Å²) < 4.78 is 13.8. The van der Waals surface area contributed by atoms with E-state index in [2.05, 4.69) is 37.7 Å². The largest absolute Gasteiger partial charge is 0.444 e. The number of ether oxygens (including phenoxy) is 1. The van der Waals surface area contributed by atoms with Crippen LogP contribution in [0.2, 0.25) is 0 Å². The van der Waals surface area contributed by atoms with Gasteiger partial charge in [-0.2, -0.15) is 5.10 Å². The molecule has 2 N–H and O–H groups in total. The molecular weight excluding hydrogens is 665 g/mol. The van der Waals surface area contributed by atoms with E-state index in [9.17, 15) is 14.4 Å². The first kappa shape index (κ1) is 29.1. The molecular formula is C30H32IN7O5. The van der Waals surface area contributed by atoms with Gasteiger partial charge in [-0.15, -0.1) is 0 Å². The summed E-state index contributed by atoms with van der Waals surface area (Å²) in [5, 5.41) is 6.59. The fourth-order valence-electron chi connectivity index (χ4n) is 5.64. The summed E-state index contributed by atoms with van der Waals surface area (Å²) in [5.74, 6) is 0.551. The van der Waals surface area contributed by atoms with Gasteiger partial charge in [0.05, 0.1) is 16.7 Å². The molecule has 2 aliphatic heterocycles. The van der Waals surface area contributed by atoms with Crippen molar-refractivity contribution in [2.75, 3.05) is 31.9 Å². The third-order valence-corrected chi connectivity index (χ3v) is 8.57. The van der Waals surface area contributed by atoms with Crippen molar-refractivity contribution in [2.45, 2.75) is 45.8 Å². The van der Waals surface area contributed by atoms with Gasteiger partial charge in [0.1, 0.15) is 33.2 Å². The van der Waals surface area contributed by atoms with Crippen molar-refractivity contribution in [3.63, 3.8) is 0 Å². The number of rotatable bonds is 4. The Hall–Kier alpha value is -4.01. The SMILES string of the molecule is CC(c1oc(=O)c2ccccc2c1C1=CCN(C(=O)C2CN(C(=O)OC(C)(C)C)C2)CC1)n1nc(I)c2c(N)ncnc21. The van der Waals surface area contributed by atoms with Crippen molar-refractivity contribution in [3.8, 4) is 0 Å². The van der Waals surface area contributed by atoms with E-state index in [-0.39, 0.29) is 11.8 Å². The molecule has 0 saturated carbocycles. The van der Waals surface area contributed by atoms with Gasteiger partial charge in [-0.3, -0.25) is 4.79 Å². The van der Waals surface area contributed by atoms with Crippen molar-refractivity contribution in [2.24, 2.45) is 5.92 Å². The highest BCUT2D eigenvalue weighted by atomic mass is 127. The zero-order valence-corrected chi connectivity index (χ0v) is 26.5. The number of nitrogen functional groups attached to an aromatic ring is 1. The Morgan fingerprint density at radius 2 is 1.86 bits per heavy atom. The molecule has 13 heteroatoms. The zero-order chi connectivity index (χ0) is 30.6. The van der Waals surface area contributed by atoms with Gasteiger partial charge in [0.2, 0.25) is 5.91 Å². The minimum atomic E-state index is -0.582. The molecule has 1 saturated heterocycles. The van der Waals surface area contributed by atoms with Gasteiger partial charge >= 0.3 is 11.7 Å². The Morgan fingerprint density at radius 3 is 2.53 bits per heavy atom. The molecule has 0 radical (unpaired) electrons. The quantitative estimate of drug-likeness (QED) is 0.310. The van der Waals surface area contributed by atoms with Crippen molar-refractivity contribution in [1.29, 1.82) is 0 Å². The minimum absolute atomic E-state index is 0.0167. The average Bonchev–Trinajstić information content (AvgIpc) is 3.28. The van der Waals surface area contributed by atoms with Crippen LogP contribution in [0, 0.1) is 9.62 Å². The molecule has 1 fully saturated rings. The molecule has 43 heavy (non-hydrogen) atoms. The maximum absolute atomic E-state index is 13.3. The summed E-state index contributed by atoms with van der Waals surface area (Å²) in [6.07, 6.45) is 3.58. The first-order valence-electron chi connectivity index (χ1n) is 14.1. The van der Waals surface area contributed by atoms with Crippen LogP contribution in [0.1, 0.15) is 51.5 Å². The Labute approximate surface area is 261 Å². The second-order valence-electron chi connectivity index (χ2n) is 11.9. The van der Waals surface area contributed by atoms with Crippen LogP contribution in [-0.2, 0) is 9.53 Å². The third-order valence-electron chi connectivity index (χ3n) is 7.81. The second kappa shape index (κ2) is 10.9. The molecule has 1 aromatic carbocycles. The molecule has 4 aromatic rings. The van der Waals surface area contributed by atoms with E-state index in [1.165, 1.54) is 6.33 Å². The topological polar surface area (TPSA) is 150 Å². The zero-order valence-electron chi connectivity index (χ0n) is 24.3. The standard InChI is InChI=1S/C30H32IN7O5/c1-16(38-26-22(24(31)35-38)25(32)33-15-34-26)23-21(19-7-5-6-8-20(19)28(40)42-23)17-9-11-36(12-10-17)27(39)18-13-37(14-18)29(41)43-30(2,3)4/h5-9,15-16,18H,10-14H2,1-4H3,(H2,32,33,34). The van der Waals surface area contributed by atoms with Crippen LogP contribution in [-0.4, -0.2) is 73.3 Å². The first-order chi connectivity index (χ1) is 20.4. The minimum Gasteiger partial charge on any atom is -0.444 e. The molecule has 2 amide bonds. The number of halogens is 1. The predicted octanol–water partition coefficient (Wildman–Crippen LogP) is 4.21. The average molecular weight is 698 g/mol. The van der Waals surface area contributed by atoms with Crippen LogP contribution in [0.4, 0.5) is 10.6 Å². The van der Waals surface area contributed by atoms with E-state index >= 15 is 0 Å². The Morgan fingerprint density at radius 1 is 1.14 bits per heavy atom. The van der Waals surface area contributed by atoms with Gasteiger partial charge in [-0.05, 0) is 73.7 Å². The lowest BCUT2D eigenvalue weighted by molar-refractivity contribution is -0.140. The molecule has 6 rings (SSSR count). The molecule has 2 aliphatic rings. The first-order valence-corrected chi connectivity index (χ1v) is 15.2. The van der Waals surface area contributed by atoms with E-state index in [1.54, 1.807) is 15.6 Å². The van der Waals surface area contributed by atoms with Crippen LogP contribution < -0.4 is 11.4 Å². The van der Waals surface area contributed by atoms with E-state index < -0.39 is 23.4 Å². The number of fused-ring (bicyclic) bond motifs is 2. The summed E-state index contributed by atoms with van der Waals surface area (Å²) in [6, 6.07) is 6.88. The smallest absolute Gasteiger partial charge is 0.410 e. The van der Waals surface area contributed by atoms with E-state index in [1.807, 2.05) is 56.9 Å². The highest BCUT2D eigenvalue weighted by molar-refractivity contribution is 14.1. The van der Waals surface area contributed by atoms with Crippen molar-refractivity contribution in [3.05, 3.63) is 62.1 Å². The lowest BCUT2D eigenvalue weighted by Gasteiger charge is -2.41. The number of amides is 2. The molecule has 0 bridgehead atoms. The summed E-state index contributed by atoms with van der Waals surface area (Å²) in [4.78, 5) is 50.6. The Bertz CT molecular complexity index is 1850. The van der Waals surface area contributed by atoms with Crippen LogP contribution in [0.5, 0.6) is 0 Å². The number of hydrogen-bond donors (Lipinski definition) is 1. The number of likely N-dealkylation sites (tertiary alicyclic amines) is 1. The lowest BCUT2D eigenvalue weighted by atomic mass is 9.91. The molecule has 5 heterocycles. The van der Waals surface area contributed by atoms with Crippen LogP contribution >= 0.6 is 22.6 Å².